The Morgan fingerprint density at radius 2 is 1.93 bits per heavy atom. The molecule has 0 bridgehead atoms. The first-order valence-corrected chi connectivity index (χ1v) is 5.31. The predicted molar refractivity (Wildman–Crippen MR) is 52.0 cm³/mol. The number of carbonyl (C=O) groups is 1. The fraction of sp³-hybridized carbons (Fsp3) is 0.909. The lowest BCUT2D eigenvalue weighted by atomic mass is 9.68. The van der Waals surface area contributed by atoms with E-state index in [1.807, 2.05) is 20.8 Å². The van der Waals surface area contributed by atoms with Crippen LogP contribution in [0, 0.1) is 11.3 Å². The fourth-order valence-electron chi connectivity index (χ4n) is 2.66. The van der Waals surface area contributed by atoms with Gasteiger partial charge in [-0.3, -0.25) is 4.79 Å². The first kappa shape index (κ1) is 10.1. The summed E-state index contributed by atoms with van der Waals surface area (Å²) in [7, 11) is 0. The largest absolute Gasteiger partial charge is 0.373 e. The molecule has 0 aromatic rings. The van der Waals surface area contributed by atoms with Crippen molar-refractivity contribution >= 4 is 5.78 Å². The number of hydrogen-bond acceptors (Lipinski definition) is 3. The molecule has 1 aliphatic heterocycles. The minimum Gasteiger partial charge on any atom is -0.373 e. The monoisotopic (exact) mass is 198 g/mol. The lowest BCUT2D eigenvalue weighted by Gasteiger charge is -2.46. The molecular formula is C11H18O3. The van der Waals surface area contributed by atoms with Gasteiger partial charge >= 0.3 is 0 Å². The molecule has 80 valence electrons. The van der Waals surface area contributed by atoms with Gasteiger partial charge in [0, 0.05) is 5.92 Å². The second-order valence-corrected chi connectivity index (χ2v) is 4.92. The SMILES string of the molecule is CC1CC2OCCOC2C(C)(C)C1=O. The zero-order valence-electron chi connectivity index (χ0n) is 9.08. The highest BCUT2D eigenvalue weighted by atomic mass is 16.6. The van der Waals surface area contributed by atoms with Crippen LogP contribution in [0.5, 0.6) is 0 Å². The Balaban J connectivity index is 2.24. The maximum atomic E-state index is 12.0. The Bertz CT molecular complexity index is 247. The fourth-order valence-corrected chi connectivity index (χ4v) is 2.66. The van der Waals surface area contributed by atoms with E-state index >= 15 is 0 Å². The summed E-state index contributed by atoms with van der Waals surface area (Å²) in [6.45, 7) is 7.21. The number of rotatable bonds is 0. The molecule has 1 aliphatic carbocycles. The second kappa shape index (κ2) is 3.31. The maximum absolute atomic E-state index is 12.0. The van der Waals surface area contributed by atoms with Gasteiger partial charge in [-0.25, -0.2) is 0 Å². The van der Waals surface area contributed by atoms with E-state index in [1.54, 1.807) is 0 Å². The minimum atomic E-state index is -0.386. The van der Waals surface area contributed by atoms with Gasteiger partial charge in [-0.05, 0) is 6.42 Å². The third kappa shape index (κ3) is 1.39. The number of Topliss-reactive ketones (excluding diaryl/α,β-unsaturated/α-hetero) is 1. The first-order valence-electron chi connectivity index (χ1n) is 5.31. The summed E-state index contributed by atoms with van der Waals surface area (Å²) in [6.07, 6.45) is 0.888. The Hall–Kier alpha value is -0.410. The van der Waals surface area contributed by atoms with Gasteiger partial charge in [0.25, 0.3) is 0 Å². The van der Waals surface area contributed by atoms with Gasteiger partial charge in [-0.1, -0.05) is 20.8 Å². The van der Waals surface area contributed by atoms with E-state index in [-0.39, 0.29) is 23.5 Å². The molecule has 0 amide bonds. The zero-order chi connectivity index (χ0) is 10.3. The Kier molecular flexibility index (Phi) is 2.40. The molecule has 1 saturated heterocycles. The molecule has 2 rings (SSSR count). The minimum absolute atomic E-state index is 0.0417. The molecular weight excluding hydrogens is 180 g/mol. The first-order chi connectivity index (χ1) is 6.53. The van der Waals surface area contributed by atoms with E-state index in [4.69, 9.17) is 9.47 Å². The van der Waals surface area contributed by atoms with E-state index in [0.29, 0.717) is 19.0 Å². The van der Waals surface area contributed by atoms with Gasteiger partial charge < -0.3 is 9.47 Å². The van der Waals surface area contributed by atoms with Gasteiger partial charge in [0.15, 0.2) is 0 Å². The number of ether oxygens (including phenoxy) is 2. The van der Waals surface area contributed by atoms with Crippen LogP contribution in [0.3, 0.4) is 0 Å². The van der Waals surface area contributed by atoms with E-state index in [9.17, 15) is 4.79 Å². The number of ketones is 1. The third-order valence-corrected chi connectivity index (χ3v) is 3.43. The highest BCUT2D eigenvalue weighted by Crippen LogP contribution is 2.40. The predicted octanol–water partition coefficient (Wildman–Crippen LogP) is 1.41. The third-order valence-electron chi connectivity index (χ3n) is 3.43. The van der Waals surface area contributed by atoms with Crippen molar-refractivity contribution in [2.45, 2.75) is 39.4 Å². The van der Waals surface area contributed by atoms with E-state index in [1.165, 1.54) is 0 Å². The van der Waals surface area contributed by atoms with Crippen LogP contribution in [0.2, 0.25) is 0 Å². The van der Waals surface area contributed by atoms with E-state index < -0.39 is 0 Å². The van der Waals surface area contributed by atoms with Gasteiger partial charge in [0.1, 0.15) is 5.78 Å². The molecule has 3 nitrogen and oxygen atoms in total. The summed E-state index contributed by atoms with van der Waals surface area (Å²) in [5.74, 6) is 0.414. The van der Waals surface area contributed by atoms with Gasteiger partial charge in [0.05, 0.1) is 30.8 Å². The number of carbonyl (C=O) groups excluding carboxylic acids is 1. The highest BCUT2D eigenvalue weighted by molar-refractivity contribution is 5.87. The molecule has 0 aromatic heterocycles. The number of fused-ring (bicyclic) bond motifs is 1. The van der Waals surface area contributed by atoms with Crippen molar-refractivity contribution in [3.63, 3.8) is 0 Å². The van der Waals surface area contributed by atoms with Crippen LogP contribution in [0.25, 0.3) is 0 Å². The van der Waals surface area contributed by atoms with E-state index in [2.05, 4.69) is 0 Å². The number of hydrogen-bond donors (Lipinski definition) is 0. The molecule has 14 heavy (non-hydrogen) atoms. The highest BCUT2D eigenvalue weighted by Gasteiger charge is 2.50. The molecule has 0 aromatic carbocycles. The molecule has 3 atom stereocenters. The molecule has 3 heteroatoms. The molecule has 2 fully saturated rings. The van der Waals surface area contributed by atoms with Crippen molar-refractivity contribution in [2.75, 3.05) is 13.2 Å². The summed E-state index contributed by atoms with van der Waals surface area (Å²) in [6, 6.07) is 0. The summed E-state index contributed by atoms with van der Waals surface area (Å²) < 4.78 is 11.3. The summed E-state index contributed by atoms with van der Waals surface area (Å²) in [5.41, 5.74) is -0.386. The molecule has 0 radical (unpaired) electrons. The van der Waals surface area contributed by atoms with Gasteiger partial charge in [-0.2, -0.15) is 0 Å². The van der Waals surface area contributed by atoms with Crippen molar-refractivity contribution < 1.29 is 14.3 Å². The topological polar surface area (TPSA) is 35.5 Å². The second-order valence-electron chi connectivity index (χ2n) is 4.92. The van der Waals surface area contributed by atoms with Crippen LogP contribution in [0.4, 0.5) is 0 Å². The molecule has 3 unspecified atom stereocenters. The zero-order valence-corrected chi connectivity index (χ0v) is 9.08. The van der Waals surface area contributed by atoms with E-state index in [0.717, 1.165) is 6.42 Å². The Morgan fingerprint density at radius 3 is 2.64 bits per heavy atom. The molecule has 1 saturated carbocycles. The Morgan fingerprint density at radius 1 is 1.29 bits per heavy atom. The Labute approximate surface area is 84.8 Å². The average Bonchev–Trinajstić information content (AvgIpc) is 2.15. The van der Waals surface area contributed by atoms with Crippen molar-refractivity contribution in [2.24, 2.45) is 11.3 Å². The molecule has 2 aliphatic rings. The summed E-state index contributed by atoms with van der Waals surface area (Å²) in [5, 5.41) is 0. The molecule has 1 heterocycles. The van der Waals surface area contributed by atoms with Crippen LogP contribution in [-0.2, 0) is 14.3 Å². The van der Waals surface area contributed by atoms with Crippen LogP contribution < -0.4 is 0 Å². The van der Waals surface area contributed by atoms with Crippen LogP contribution >= 0.6 is 0 Å². The van der Waals surface area contributed by atoms with Gasteiger partial charge in [0.2, 0.25) is 0 Å². The van der Waals surface area contributed by atoms with Crippen molar-refractivity contribution in [3.8, 4) is 0 Å². The lowest BCUT2D eigenvalue weighted by molar-refractivity contribution is -0.202. The van der Waals surface area contributed by atoms with Crippen LogP contribution in [-0.4, -0.2) is 31.2 Å². The van der Waals surface area contributed by atoms with Crippen LogP contribution in [0.15, 0.2) is 0 Å². The lowest BCUT2D eigenvalue weighted by Crippen LogP contribution is -2.56. The quantitative estimate of drug-likeness (QED) is 0.590. The molecule has 0 N–H and O–H groups in total. The van der Waals surface area contributed by atoms with Gasteiger partial charge in [-0.15, -0.1) is 0 Å². The van der Waals surface area contributed by atoms with Crippen molar-refractivity contribution in [1.82, 2.24) is 0 Å². The standard InChI is InChI=1S/C11H18O3/c1-7-6-8-10(14-5-4-13-8)11(2,3)9(7)12/h7-8,10H,4-6H2,1-3H3. The van der Waals surface area contributed by atoms with Crippen LogP contribution in [0.1, 0.15) is 27.2 Å². The summed E-state index contributed by atoms with van der Waals surface area (Å²) >= 11 is 0. The average molecular weight is 198 g/mol. The van der Waals surface area contributed by atoms with Crippen molar-refractivity contribution in [3.05, 3.63) is 0 Å². The summed E-state index contributed by atoms with van der Waals surface area (Å²) in [4.78, 5) is 12.0. The maximum Gasteiger partial charge on any atom is 0.144 e. The molecule has 0 spiro atoms. The van der Waals surface area contributed by atoms with Crippen molar-refractivity contribution in [1.29, 1.82) is 0 Å². The normalized spacial score (nSPS) is 41.9. The smallest absolute Gasteiger partial charge is 0.144 e.